The summed E-state index contributed by atoms with van der Waals surface area (Å²) in [7, 11) is -30.7. The van der Waals surface area contributed by atoms with E-state index in [0.717, 1.165) is 30.3 Å². The maximum Gasteiger partial charge on any atom is 1.00 e. The first-order valence-corrected chi connectivity index (χ1v) is 40.8. The van der Waals surface area contributed by atoms with Gasteiger partial charge in [-0.05, 0) is 121 Å². The summed E-state index contributed by atoms with van der Waals surface area (Å²) in [5, 5.41) is 98.2. The van der Waals surface area contributed by atoms with Gasteiger partial charge < -0.3 is 56.6 Å². The smallest absolute Gasteiger partial charge is 0.747 e. The van der Waals surface area contributed by atoms with Crippen LogP contribution in [0.4, 0.5) is 62.6 Å². The van der Waals surface area contributed by atoms with E-state index in [0.29, 0.717) is 0 Å². The molecular formula is C49H44N11Na7O34S11. The molecule has 0 aliphatic carbocycles. The van der Waals surface area contributed by atoms with Crippen molar-refractivity contribution in [2.75, 3.05) is 72.1 Å². The molecule has 0 aliphatic heterocycles. The number of nitrogen functional groups attached to an aromatic ring is 2. The van der Waals surface area contributed by atoms with Crippen LogP contribution in [-0.2, 0) is 124 Å². The van der Waals surface area contributed by atoms with Gasteiger partial charge in [-0.2, -0.15) is 24.8 Å². The molecule has 0 atom stereocenters. The average molecular weight is 1840 g/mol. The van der Waals surface area contributed by atoms with E-state index in [2.05, 4.69) is 87.9 Å². The number of azo groups is 4. The van der Waals surface area contributed by atoms with E-state index >= 15 is 0 Å². The molecule has 7 rings (SSSR count). The molecule has 45 nitrogen and oxygen atoms in total. The van der Waals surface area contributed by atoms with Gasteiger partial charge in [0.1, 0.15) is 48.9 Å². The Balaban J connectivity index is 0. The predicted octanol–water partition coefficient (Wildman–Crippen LogP) is -16.9. The minimum Gasteiger partial charge on any atom is -0.747 e. The number of sulfone groups is 4. The van der Waals surface area contributed by atoms with E-state index in [1.807, 2.05) is 0 Å². The van der Waals surface area contributed by atoms with Gasteiger partial charge in [-0.1, -0.05) is 0 Å². The number of aromatic hydroxyl groups is 1. The van der Waals surface area contributed by atoms with Crippen LogP contribution >= 0.6 is 49.0 Å². The van der Waals surface area contributed by atoms with Crippen LogP contribution < -0.4 is 245 Å². The minimum absolute atomic E-state index is 0. The third kappa shape index (κ3) is 38.0. The molecule has 0 aliphatic rings. The summed E-state index contributed by atoms with van der Waals surface area (Å²) < 4.78 is 236. The van der Waals surface area contributed by atoms with Gasteiger partial charge in [0.2, 0.25) is 10.4 Å². The van der Waals surface area contributed by atoms with Crippen LogP contribution in [0.2, 0.25) is 0 Å². The van der Waals surface area contributed by atoms with Crippen LogP contribution in [0.25, 0.3) is 10.8 Å². The number of rotatable bonds is 41. The van der Waals surface area contributed by atoms with Gasteiger partial charge in [0.05, 0.1) is 131 Å². The van der Waals surface area contributed by atoms with E-state index in [1.165, 1.54) is 91.0 Å². The fourth-order valence-corrected chi connectivity index (χ4v) is 14.9. The fraction of sp³-hybridized carbons (Fsp3) is 0.184. The number of phenolic OH excluding ortho intramolecular Hbond substituents is 1. The molecular weight excluding hydrogens is 1800 g/mol. The van der Waals surface area contributed by atoms with Gasteiger partial charge in [0.25, 0.3) is 0 Å². The standard InChI is InChI=1S/C27H27N5O19S6.C22H24N6O15S5.7Na/c33-27-21-9-10-23(28-16-57(41,42)43)25(31-29-17-1-5-19(6-2-17)55(37,38)13-11-44-53-50-47-35)22(21)15-24(52-49-46-34)26(27)32-30-18-3-7-20(8-4-18)56(39,40)14-12-45-54-51-48-36;23-20-18(27-25-14-1-5-16(6-2-14)45(30,31)11-9-40-44-43-42-29)13-19(47(34,35)36)21(24)22(20)28-26-15-3-7-17(8-4-15)46(32,33)12-10-41-48(37,38)39;;;;;;;/h1-10,15,28,33-36H,11-14,16H2,(H,41,42,43);1-8,13,29H,9-12,23-24H2,(H,34,35,36)(H,37,38,39);;;;;;;/q;;7*+1/p-7. The molecule has 7 aromatic rings. The summed E-state index contributed by atoms with van der Waals surface area (Å²) in [5.41, 5.74) is 9.77. The van der Waals surface area contributed by atoms with Gasteiger partial charge in [0, 0.05) is 10.8 Å². The zero-order valence-corrected chi connectivity index (χ0v) is 81.5. The van der Waals surface area contributed by atoms with Gasteiger partial charge in [-0.3, -0.25) is 36.9 Å². The number of hydrogen-bond acceptors (Lipinski definition) is 49. The minimum atomic E-state index is -5.21. The Morgan fingerprint density at radius 2 is 0.750 bits per heavy atom. The van der Waals surface area contributed by atoms with Crippen molar-refractivity contribution in [1.29, 1.82) is 0 Å². The molecule has 0 saturated heterocycles. The molecule has 6 N–H and O–H groups in total. The zero-order valence-electron chi connectivity index (χ0n) is 58.6. The quantitative estimate of drug-likeness (QED) is 0.00318. The summed E-state index contributed by atoms with van der Waals surface area (Å²) in [6, 6.07) is 24.0. The number of nitrogens with two attached hydrogens (primary N) is 2. The van der Waals surface area contributed by atoms with E-state index in [-0.39, 0.29) is 362 Å². The number of nitrogens with zero attached hydrogens (tertiary/aromatic N) is 8. The van der Waals surface area contributed by atoms with Crippen molar-refractivity contribution in [3.63, 3.8) is 0 Å². The number of anilines is 3. The molecule has 0 bridgehead atoms. The third-order valence-electron chi connectivity index (χ3n) is 12.4. The molecule has 0 radical (unpaired) electrons. The summed E-state index contributed by atoms with van der Waals surface area (Å²) in [4.78, 5) is -1.72. The zero-order chi connectivity index (χ0) is 77.2. The molecule has 0 aromatic heterocycles. The molecule has 112 heavy (non-hydrogen) atoms. The van der Waals surface area contributed by atoms with Gasteiger partial charge >= 0.3 is 207 Å². The average Bonchev–Trinajstić information content (AvgIpc) is 0.769. The molecule has 572 valence electrons. The van der Waals surface area contributed by atoms with Crippen molar-refractivity contribution < 1.29 is 360 Å². The van der Waals surface area contributed by atoms with E-state index < -0.39 is 127 Å². The molecule has 0 heterocycles. The molecule has 0 fully saturated rings. The number of fused-ring (bicyclic) bond motifs is 1. The molecule has 0 unspecified atom stereocenters. The Hall–Kier alpha value is -0.310. The second-order valence-electron chi connectivity index (χ2n) is 19.1. The first-order chi connectivity index (χ1) is 49.5. The summed E-state index contributed by atoms with van der Waals surface area (Å²) in [6.07, 6.45) is 0. The normalized spacial score (nSPS) is 12.0. The molecule has 0 spiro atoms. The van der Waals surface area contributed by atoms with Crippen LogP contribution in [-0.4, -0.2) is 133 Å². The number of phenols is 1. The van der Waals surface area contributed by atoms with Crippen LogP contribution in [0.3, 0.4) is 0 Å². The monoisotopic (exact) mass is 1840 g/mol. The molecule has 63 heteroatoms. The van der Waals surface area contributed by atoms with E-state index in [1.54, 1.807) is 0 Å². The van der Waals surface area contributed by atoms with Gasteiger partial charge in [-0.15, -0.1) is 33.5 Å². The summed E-state index contributed by atoms with van der Waals surface area (Å²) >= 11 is 0.729. The predicted molar refractivity (Wildman–Crippen MR) is 349 cm³/mol. The van der Waals surface area contributed by atoms with Crippen molar-refractivity contribution in [1.82, 2.24) is 0 Å². The topological polar surface area (TPSA) is 694 Å². The van der Waals surface area contributed by atoms with Gasteiger partial charge in [0.15, 0.2) is 82.1 Å². The van der Waals surface area contributed by atoms with Crippen molar-refractivity contribution in [2.45, 2.75) is 29.4 Å². The summed E-state index contributed by atoms with van der Waals surface area (Å²) in [6.45, 7) is -1.95. The van der Waals surface area contributed by atoms with Crippen LogP contribution in [0.15, 0.2) is 192 Å². The Labute approximate surface area is 809 Å². The van der Waals surface area contributed by atoms with Crippen LogP contribution in [0.5, 0.6) is 5.75 Å². The Morgan fingerprint density at radius 3 is 1.10 bits per heavy atom. The number of nitrogens with one attached hydrogen (secondary N) is 1. The third-order valence-corrected chi connectivity index (χ3v) is 22.8. The largest absolute Gasteiger partial charge is 1.00 e. The van der Waals surface area contributed by atoms with Crippen molar-refractivity contribution in [2.24, 2.45) is 40.9 Å². The SMILES string of the molecule is Nc1c(N=Nc2ccc(S(=O)(=O)CCOSOO[O-])cc2)cc(S(=O)(=O)[O-])c(N)c1N=Nc1ccc(S(=O)(=O)CCOS(=O)(=O)[O-])cc1.O=S(=O)([O-])CNc1ccc2c(O)c(N=Nc3ccc(S(=O)(=O)CCOSOO[O-])cc3)c(SOO[O-])cc2c1N=Nc1ccc(S(=O)(=O)CCOSOO[O-])cc1.[Na+].[Na+].[Na+].[Na+].[Na+].[Na+].[Na+]. The number of hydrogen-bond donors (Lipinski definition) is 4. The fourth-order valence-electron chi connectivity index (χ4n) is 7.75. The second kappa shape index (κ2) is 54.9. The molecule has 7 aromatic carbocycles. The number of benzene rings is 7. The first-order valence-electron chi connectivity index (χ1n) is 27.2. The van der Waals surface area contributed by atoms with Crippen molar-refractivity contribution >= 4 is 192 Å². The molecule has 0 amide bonds. The Kier molecular flexibility index (Phi) is 55.8. The van der Waals surface area contributed by atoms with Gasteiger partial charge in [-0.25, -0.2) is 58.9 Å². The molecule has 0 saturated carbocycles. The maximum atomic E-state index is 12.6. The van der Waals surface area contributed by atoms with Crippen LogP contribution in [0, 0.1) is 0 Å². The van der Waals surface area contributed by atoms with Crippen molar-refractivity contribution in [3.8, 4) is 5.75 Å². The van der Waals surface area contributed by atoms with Crippen LogP contribution in [0.1, 0.15) is 0 Å². The Morgan fingerprint density at radius 1 is 0.402 bits per heavy atom. The van der Waals surface area contributed by atoms with E-state index in [9.17, 15) is 98.7 Å². The maximum absolute atomic E-state index is 12.6. The first kappa shape index (κ1) is 114. The van der Waals surface area contributed by atoms with E-state index in [4.69, 9.17) is 24.0 Å². The Bertz CT molecular complexity index is 5140. The van der Waals surface area contributed by atoms with Crippen molar-refractivity contribution in [3.05, 3.63) is 121 Å². The summed E-state index contributed by atoms with van der Waals surface area (Å²) in [5.74, 6) is -3.93. The second-order valence-corrected chi connectivity index (χ2v) is 33.6.